The van der Waals surface area contributed by atoms with Gasteiger partial charge >= 0.3 is 5.97 Å². The molecule has 0 aliphatic rings. The van der Waals surface area contributed by atoms with Gasteiger partial charge in [0.1, 0.15) is 12.4 Å². The standard InChI is InChI=1S/C39H62O3/c1-9-11-13-15-17-18-20-22-24-26-32(25-23-21-19-16-14-12-10-2)31-42-36(40)28-27-33-29-34(38(3,4)5)37(41)35(30-33)39(6,7)8/h9-10,26-30,41H,1-2,11-25,31H2,3-8H3/b28-27+,32-26+. The zero-order chi connectivity index (χ0) is 31.4. The van der Waals surface area contributed by atoms with Crippen molar-refractivity contribution in [1.82, 2.24) is 0 Å². The summed E-state index contributed by atoms with van der Waals surface area (Å²) in [6, 6.07) is 3.96. The first-order chi connectivity index (χ1) is 19.9. The molecule has 0 atom stereocenters. The molecule has 1 N–H and O–H groups in total. The Labute approximate surface area is 259 Å². The molecule has 42 heavy (non-hydrogen) atoms. The summed E-state index contributed by atoms with van der Waals surface area (Å²) in [6.07, 6.45) is 27.6. The Bertz CT molecular complexity index is 962. The summed E-state index contributed by atoms with van der Waals surface area (Å²) in [4.78, 5) is 12.8. The molecule has 0 fully saturated rings. The second-order valence-electron chi connectivity index (χ2n) is 13.9. The van der Waals surface area contributed by atoms with Crippen LogP contribution in [-0.2, 0) is 20.4 Å². The van der Waals surface area contributed by atoms with Gasteiger partial charge in [-0.05, 0) is 91.5 Å². The highest BCUT2D eigenvalue weighted by molar-refractivity contribution is 5.87. The van der Waals surface area contributed by atoms with Crippen LogP contribution >= 0.6 is 0 Å². The molecule has 1 aromatic rings. The van der Waals surface area contributed by atoms with Gasteiger partial charge in [0, 0.05) is 17.2 Å². The zero-order valence-corrected chi connectivity index (χ0v) is 28.0. The van der Waals surface area contributed by atoms with Gasteiger partial charge in [0.15, 0.2) is 0 Å². The van der Waals surface area contributed by atoms with Gasteiger partial charge in [0.05, 0.1) is 0 Å². The minimum Gasteiger partial charge on any atom is -0.507 e. The predicted molar refractivity (Wildman–Crippen MR) is 183 cm³/mol. The molecule has 3 nitrogen and oxygen atoms in total. The van der Waals surface area contributed by atoms with Crippen LogP contribution < -0.4 is 0 Å². The molecule has 236 valence electrons. The highest BCUT2D eigenvalue weighted by Crippen LogP contribution is 2.40. The number of aromatic hydroxyl groups is 1. The van der Waals surface area contributed by atoms with Gasteiger partial charge in [-0.1, -0.05) is 105 Å². The van der Waals surface area contributed by atoms with E-state index >= 15 is 0 Å². The van der Waals surface area contributed by atoms with E-state index in [1.165, 1.54) is 75.9 Å². The molecule has 0 unspecified atom stereocenters. The molecule has 0 bridgehead atoms. The molecule has 0 aromatic heterocycles. The van der Waals surface area contributed by atoms with E-state index in [0.717, 1.165) is 48.8 Å². The normalized spacial score (nSPS) is 12.6. The fourth-order valence-electron chi connectivity index (χ4n) is 5.12. The average Bonchev–Trinajstić information content (AvgIpc) is 2.92. The van der Waals surface area contributed by atoms with Gasteiger partial charge in [0.2, 0.25) is 0 Å². The van der Waals surface area contributed by atoms with Crippen molar-refractivity contribution in [3.05, 3.63) is 71.9 Å². The number of ether oxygens (including phenoxy) is 1. The van der Waals surface area contributed by atoms with Gasteiger partial charge in [0.25, 0.3) is 0 Å². The summed E-state index contributed by atoms with van der Waals surface area (Å²) < 4.78 is 5.73. The number of carbonyl (C=O) groups is 1. The maximum Gasteiger partial charge on any atom is 0.331 e. The lowest BCUT2D eigenvalue weighted by Gasteiger charge is -2.27. The Hall–Kier alpha value is -2.55. The number of hydrogen-bond donors (Lipinski definition) is 1. The number of carbonyl (C=O) groups excluding carboxylic acids is 1. The molecule has 0 amide bonds. The largest absolute Gasteiger partial charge is 0.507 e. The molecule has 0 saturated carbocycles. The van der Waals surface area contributed by atoms with Crippen molar-refractivity contribution in [3.63, 3.8) is 0 Å². The SMILES string of the molecule is C=CCCCCCCCC/C=C(\CCCCCCCC=C)COC(=O)/C=C/c1cc(C(C)(C)C)c(O)c(C(C)(C)C)c1. The van der Waals surface area contributed by atoms with E-state index in [2.05, 4.69) is 60.8 Å². The summed E-state index contributed by atoms with van der Waals surface area (Å²) in [5, 5.41) is 11.0. The van der Waals surface area contributed by atoms with E-state index in [0.29, 0.717) is 12.4 Å². The van der Waals surface area contributed by atoms with Gasteiger partial charge in [-0.25, -0.2) is 4.79 Å². The third-order valence-corrected chi connectivity index (χ3v) is 7.76. The van der Waals surface area contributed by atoms with Crippen LogP contribution in [0.25, 0.3) is 6.08 Å². The first kappa shape index (κ1) is 37.5. The van der Waals surface area contributed by atoms with E-state index in [1.54, 1.807) is 0 Å². The third-order valence-electron chi connectivity index (χ3n) is 7.76. The smallest absolute Gasteiger partial charge is 0.331 e. The number of esters is 1. The van der Waals surface area contributed by atoms with E-state index in [9.17, 15) is 9.90 Å². The fraction of sp³-hybridized carbons (Fsp3) is 0.615. The lowest BCUT2D eigenvalue weighted by atomic mass is 9.78. The van der Waals surface area contributed by atoms with Crippen LogP contribution in [0.3, 0.4) is 0 Å². The Morgan fingerprint density at radius 3 is 1.67 bits per heavy atom. The first-order valence-electron chi connectivity index (χ1n) is 16.5. The maximum absolute atomic E-state index is 12.8. The van der Waals surface area contributed by atoms with Crippen molar-refractivity contribution in [3.8, 4) is 5.75 Å². The summed E-state index contributed by atoms with van der Waals surface area (Å²) in [7, 11) is 0. The van der Waals surface area contributed by atoms with Crippen molar-refractivity contribution in [2.45, 2.75) is 149 Å². The number of unbranched alkanes of at least 4 members (excludes halogenated alkanes) is 12. The number of allylic oxidation sites excluding steroid dienone is 3. The first-order valence-corrected chi connectivity index (χ1v) is 16.5. The maximum atomic E-state index is 12.8. The molecule has 0 heterocycles. The molecule has 3 heteroatoms. The fourth-order valence-corrected chi connectivity index (χ4v) is 5.12. The van der Waals surface area contributed by atoms with E-state index in [4.69, 9.17) is 4.74 Å². The van der Waals surface area contributed by atoms with Crippen LogP contribution in [0.1, 0.15) is 155 Å². The van der Waals surface area contributed by atoms with Crippen molar-refractivity contribution >= 4 is 12.0 Å². The second-order valence-corrected chi connectivity index (χ2v) is 13.9. The summed E-state index contributed by atoms with van der Waals surface area (Å²) >= 11 is 0. The van der Waals surface area contributed by atoms with E-state index in [1.807, 2.05) is 30.4 Å². The molecule has 0 aliphatic carbocycles. The number of phenolic OH excluding ortho intramolecular Hbond substituents is 1. The lowest BCUT2D eigenvalue weighted by Crippen LogP contribution is -2.17. The van der Waals surface area contributed by atoms with Gasteiger partial charge in [-0.3, -0.25) is 0 Å². The minimum atomic E-state index is -0.326. The van der Waals surface area contributed by atoms with Gasteiger partial charge < -0.3 is 9.84 Å². The third kappa shape index (κ3) is 16.2. The van der Waals surface area contributed by atoms with Crippen LogP contribution in [0, 0.1) is 0 Å². The zero-order valence-electron chi connectivity index (χ0n) is 28.0. The average molecular weight is 579 g/mol. The highest BCUT2D eigenvalue weighted by atomic mass is 16.5. The summed E-state index contributed by atoms with van der Waals surface area (Å²) in [6.45, 7) is 20.5. The van der Waals surface area contributed by atoms with Crippen molar-refractivity contribution in [2.75, 3.05) is 6.61 Å². The van der Waals surface area contributed by atoms with Crippen LogP contribution in [0.15, 0.2) is 55.2 Å². The lowest BCUT2D eigenvalue weighted by molar-refractivity contribution is -0.136. The molecule has 0 aliphatic heterocycles. The van der Waals surface area contributed by atoms with Crippen molar-refractivity contribution < 1.29 is 14.6 Å². The van der Waals surface area contributed by atoms with Crippen LogP contribution in [0.5, 0.6) is 5.75 Å². The Morgan fingerprint density at radius 1 is 0.738 bits per heavy atom. The molecule has 1 aromatic carbocycles. The van der Waals surface area contributed by atoms with Crippen LogP contribution in [-0.4, -0.2) is 17.7 Å². The molecule has 0 radical (unpaired) electrons. The second kappa shape index (κ2) is 20.4. The Kier molecular flexibility index (Phi) is 18.2. The molecule has 0 saturated heterocycles. The molecular formula is C39H62O3. The number of rotatable bonds is 21. The van der Waals surface area contributed by atoms with E-state index in [-0.39, 0.29) is 16.8 Å². The quantitative estimate of drug-likeness (QED) is 0.0683. The summed E-state index contributed by atoms with van der Waals surface area (Å²) in [5.41, 5.74) is 3.47. The van der Waals surface area contributed by atoms with Gasteiger partial charge in [-0.2, -0.15) is 0 Å². The summed E-state index contributed by atoms with van der Waals surface area (Å²) in [5.74, 6) is 0.0189. The number of phenols is 1. The molecule has 0 spiro atoms. The van der Waals surface area contributed by atoms with Crippen molar-refractivity contribution in [1.29, 1.82) is 0 Å². The predicted octanol–water partition coefficient (Wildman–Crippen LogP) is 11.7. The molecular weight excluding hydrogens is 516 g/mol. The van der Waals surface area contributed by atoms with Crippen LogP contribution in [0.2, 0.25) is 0 Å². The topological polar surface area (TPSA) is 46.5 Å². The van der Waals surface area contributed by atoms with E-state index < -0.39 is 0 Å². The minimum absolute atomic E-state index is 0.217. The van der Waals surface area contributed by atoms with Gasteiger partial charge in [-0.15, -0.1) is 13.2 Å². The highest BCUT2D eigenvalue weighted by Gasteiger charge is 2.26. The number of hydrogen-bond acceptors (Lipinski definition) is 3. The Morgan fingerprint density at radius 2 is 1.19 bits per heavy atom. The monoisotopic (exact) mass is 578 g/mol. The molecule has 1 rings (SSSR count). The Balaban J connectivity index is 2.78. The van der Waals surface area contributed by atoms with Crippen molar-refractivity contribution in [2.24, 2.45) is 0 Å². The van der Waals surface area contributed by atoms with Crippen LogP contribution in [0.4, 0.5) is 0 Å². The number of benzene rings is 1.